The Morgan fingerprint density at radius 3 is 2.42 bits per heavy atom. The van der Waals surface area contributed by atoms with E-state index < -0.39 is 27.9 Å². The number of rotatable bonds is 7. The van der Waals surface area contributed by atoms with Crippen LogP contribution in [0.25, 0.3) is 11.3 Å². The second-order valence-corrected chi connectivity index (χ2v) is 8.84. The van der Waals surface area contributed by atoms with E-state index in [-0.39, 0.29) is 15.5 Å². The van der Waals surface area contributed by atoms with Gasteiger partial charge < -0.3 is 15.5 Å². The highest BCUT2D eigenvalue weighted by molar-refractivity contribution is 7.92. The van der Waals surface area contributed by atoms with Crippen molar-refractivity contribution in [1.29, 1.82) is 0 Å². The SMILES string of the molecule is CNCc1cc(-c2cccnc2F)n(S(=O)(=O)c2cccs2)c1.O=C(O)/C=C/C(=O)O. The number of halogens is 1. The molecule has 3 rings (SSSR count). The molecule has 0 saturated heterocycles. The molecule has 0 aliphatic rings. The number of thiophene rings is 1. The largest absolute Gasteiger partial charge is 0.478 e. The molecule has 0 unspecified atom stereocenters. The highest BCUT2D eigenvalue weighted by atomic mass is 32.2. The lowest BCUT2D eigenvalue weighted by Gasteiger charge is -2.09. The fourth-order valence-electron chi connectivity index (χ4n) is 2.42. The van der Waals surface area contributed by atoms with Crippen molar-refractivity contribution in [2.75, 3.05) is 7.05 Å². The number of aliphatic carboxylic acids is 2. The van der Waals surface area contributed by atoms with Crippen molar-refractivity contribution in [3.05, 3.63) is 71.8 Å². The van der Waals surface area contributed by atoms with E-state index in [0.717, 1.165) is 20.9 Å². The van der Waals surface area contributed by atoms with Crippen molar-refractivity contribution in [3.63, 3.8) is 0 Å². The molecular weight excluding hydrogens is 449 g/mol. The van der Waals surface area contributed by atoms with Crippen LogP contribution < -0.4 is 5.32 Å². The van der Waals surface area contributed by atoms with E-state index in [1.165, 1.54) is 24.5 Å². The highest BCUT2D eigenvalue weighted by Crippen LogP contribution is 2.29. The third-order valence-electron chi connectivity index (χ3n) is 3.64. The molecule has 0 atom stereocenters. The number of carbonyl (C=O) groups is 2. The van der Waals surface area contributed by atoms with Crippen molar-refractivity contribution in [3.8, 4) is 11.3 Å². The van der Waals surface area contributed by atoms with E-state index in [1.54, 1.807) is 30.6 Å². The lowest BCUT2D eigenvalue weighted by molar-refractivity contribution is -0.134. The van der Waals surface area contributed by atoms with Crippen molar-refractivity contribution in [1.82, 2.24) is 14.3 Å². The number of aromatic nitrogens is 2. The number of hydrogen-bond acceptors (Lipinski definition) is 7. The number of pyridine rings is 1. The minimum atomic E-state index is -3.78. The van der Waals surface area contributed by atoms with Crippen LogP contribution in [0.3, 0.4) is 0 Å². The molecule has 31 heavy (non-hydrogen) atoms. The molecule has 3 N–H and O–H groups in total. The number of carboxylic acids is 2. The maximum absolute atomic E-state index is 14.0. The quantitative estimate of drug-likeness (QED) is 0.356. The van der Waals surface area contributed by atoms with E-state index in [2.05, 4.69) is 10.3 Å². The van der Waals surface area contributed by atoms with E-state index in [4.69, 9.17) is 10.2 Å². The Hall–Kier alpha value is -3.35. The van der Waals surface area contributed by atoms with Gasteiger partial charge in [-0.25, -0.2) is 18.5 Å². The van der Waals surface area contributed by atoms with Gasteiger partial charge in [0, 0.05) is 31.1 Å². The van der Waals surface area contributed by atoms with Gasteiger partial charge >= 0.3 is 11.9 Å². The normalized spacial score (nSPS) is 11.2. The summed E-state index contributed by atoms with van der Waals surface area (Å²) >= 11 is 1.12. The zero-order chi connectivity index (χ0) is 23.0. The van der Waals surface area contributed by atoms with Gasteiger partial charge in [-0.1, -0.05) is 6.07 Å². The van der Waals surface area contributed by atoms with Crippen LogP contribution in [0.2, 0.25) is 0 Å². The molecule has 12 heteroatoms. The number of carboxylic acid groups (broad SMARTS) is 2. The van der Waals surface area contributed by atoms with Crippen LogP contribution >= 0.6 is 11.3 Å². The van der Waals surface area contributed by atoms with Gasteiger partial charge in [0.25, 0.3) is 10.0 Å². The van der Waals surface area contributed by atoms with Crippen LogP contribution in [0, 0.1) is 5.95 Å². The molecular formula is C19H18FN3O6S2. The summed E-state index contributed by atoms with van der Waals surface area (Å²) in [5.41, 5.74) is 1.15. The van der Waals surface area contributed by atoms with Gasteiger partial charge in [0.1, 0.15) is 4.21 Å². The second-order valence-electron chi connectivity index (χ2n) is 5.85. The number of nitrogens with one attached hydrogen (secondary N) is 1. The van der Waals surface area contributed by atoms with E-state index in [1.807, 2.05) is 0 Å². The molecule has 0 bridgehead atoms. The predicted molar refractivity (Wildman–Crippen MR) is 112 cm³/mol. The standard InChI is InChI=1S/C15H14FN3O2S2.C4H4O4/c1-17-9-11-8-13(12-4-2-6-18-15(12)16)19(10-11)23(20,21)14-5-3-7-22-14;5-3(6)1-2-4(7)8/h2-8,10,17H,9H2,1H3;1-2H,(H,5,6)(H,7,8)/b;2-1+. The Bertz CT molecular complexity index is 1170. The van der Waals surface area contributed by atoms with Gasteiger partial charge in [0.2, 0.25) is 5.95 Å². The zero-order valence-corrected chi connectivity index (χ0v) is 17.7. The van der Waals surface area contributed by atoms with Crippen LogP contribution in [0.5, 0.6) is 0 Å². The topological polar surface area (TPSA) is 139 Å². The molecule has 3 aromatic rings. The first-order valence-corrected chi connectivity index (χ1v) is 10.9. The van der Waals surface area contributed by atoms with E-state index >= 15 is 0 Å². The molecule has 9 nitrogen and oxygen atoms in total. The molecule has 0 radical (unpaired) electrons. The summed E-state index contributed by atoms with van der Waals surface area (Å²) in [5.74, 6) is -3.22. The Labute approximate surface area is 181 Å². The molecule has 0 amide bonds. The first-order chi connectivity index (χ1) is 14.7. The van der Waals surface area contributed by atoms with Gasteiger partial charge in [-0.05, 0) is 42.3 Å². The van der Waals surface area contributed by atoms with Gasteiger partial charge in [0.05, 0.1) is 11.3 Å². The number of hydrogen-bond donors (Lipinski definition) is 3. The molecule has 3 heterocycles. The molecule has 164 valence electrons. The molecule has 0 fully saturated rings. The van der Waals surface area contributed by atoms with Crippen LogP contribution in [-0.4, -0.2) is 46.6 Å². The average Bonchev–Trinajstić information content (AvgIpc) is 3.38. The summed E-state index contributed by atoms with van der Waals surface area (Å²) in [6.07, 6.45) is 3.95. The second kappa shape index (κ2) is 10.6. The van der Waals surface area contributed by atoms with Crippen LogP contribution in [0.4, 0.5) is 4.39 Å². The van der Waals surface area contributed by atoms with E-state index in [9.17, 15) is 22.4 Å². The predicted octanol–water partition coefficient (Wildman–Crippen LogP) is 2.42. The summed E-state index contributed by atoms with van der Waals surface area (Å²) in [6.45, 7) is 0.474. The summed E-state index contributed by atoms with van der Waals surface area (Å²) in [4.78, 5) is 22.7. The summed E-state index contributed by atoms with van der Waals surface area (Å²) in [6, 6.07) is 7.94. The van der Waals surface area contributed by atoms with Crippen molar-refractivity contribution >= 4 is 33.3 Å². The third kappa shape index (κ3) is 6.31. The maximum atomic E-state index is 14.0. The van der Waals surface area contributed by atoms with Gasteiger partial charge in [-0.3, -0.25) is 0 Å². The van der Waals surface area contributed by atoms with Crippen LogP contribution in [0.1, 0.15) is 5.56 Å². The van der Waals surface area contributed by atoms with E-state index in [0.29, 0.717) is 18.7 Å². The Kier molecular flexibility index (Phi) is 8.19. The Morgan fingerprint density at radius 2 is 1.90 bits per heavy atom. The summed E-state index contributed by atoms with van der Waals surface area (Å²) in [5, 5.41) is 20.3. The first-order valence-electron chi connectivity index (χ1n) is 8.56. The van der Waals surface area contributed by atoms with Crippen molar-refractivity contribution < 1.29 is 32.6 Å². The van der Waals surface area contributed by atoms with Gasteiger partial charge in [0.15, 0.2) is 0 Å². The maximum Gasteiger partial charge on any atom is 0.328 e. The molecule has 3 aromatic heterocycles. The highest BCUT2D eigenvalue weighted by Gasteiger charge is 2.24. The minimum Gasteiger partial charge on any atom is -0.478 e. The van der Waals surface area contributed by atoms with Gasteiger partial charge in [-0.2, -0.15) is 12.8 Å². The zero-order valence-electron chi connectivity index (χ0n) is 16.1. The minimum absolute atomic E-state index is 0.148. The molecule has 0 saturated carbocycles. The fraction of sp³-hybridized carbons (Fsp3) is 0.105. The molecule has 0 aliphatic heterocycles. The summed E-state index contributed by atoms with van der Waals surface area (Å²) in [7, 11) is -2.02. The van der Waals surface area contributed by atoms with Gasteiger partial charge in [-0.15, -0.1) is 11.3 Å². The molecule has 0 aromatic carbocycles. The first kappa shape index (κ1) is 23.9. The lowest BCUT2D eigenvalue weighted by atomic mass is 10.2. The lowest BCUT2D eigenvalue weighted by Crippen LogP contribution is -2.12. The van der Waals surface area contributed by atoms with Crippen LogP contribution in [-0.2, 0) is 26.2 Å². The summed E-state index contributed by atoms with van der Waals surface area (Å²) < 4.78 is 41.0. The Balaban J connectivity index is 0.000000366. The average molecular weight is 468 g/mol. The molecule has 0 aliphatic carbocycles. The van der Waals surface area contributed by atoms with Crippen molar-refractivity contribution in [2.24, 2.45) is 0 Å². The van der Waals surface area contributed by atoms with Crippen molar-refractivity contribution in [2.45, 2.75) is 10.8 Å². The smallest absolute Gasteiger partial charge is 0.328 e. The molecule has 0 spiro atoms. The fourth-order valence-corrected chi connectivity index (χ4v) is 4.89. The monoisotopic (exact) mass is 467 g/mol. The number of nitrogens with zero attached hydrogens (tertiary/aromatic N) is 2. The third-order valence-corrected chi connectivity index (χ3v) is 6.68. The Morgan fingerprint density at radius 1 is 1.23 bits per heavy atom. The van der Waals surface area contributed by atoms with Crippen LogP contribution in [0.15, 0.2) is 64.5 Å².